The van der Waals surface area contributed by atoms with Crippen molar-refractivity contribution in [3.63, 3.8) is 0 Å². The number of carboxylic acids is 1. The first-order chi connectivity index (χ1) is 12.3. The van der Waals surface area contributed by atoms with Crippen molar-refractivity contribution in [2.24, 2.45) is 0 Å². The lowest BCUT2D eigenvalue weighted by molar-refractivity contribution is -0.153. The van der Waals surface area contributed by atoms with Gasteiger partial charge in [0.15, 0.2) is 6.61 Å². The highest BCUT2D eigenvalue weighted by Crippen LogP contribution is 2.20. The van der Waals surface area contributed by atoms with Crippen LogP contribution in [0.25, 0.3) is 0 Å². The molecular formula is C18H27NO7. The van der Waals surface area contributed by atoms with E-state index >= 15 is 0 Å². The quantitative estimate of drug-likeness (QED) is 0.512. The van der Waals surface area contributed by atoms with Crippen molar-refractivity contribution in [1.29, 1.82) is 0 Å². The minimum atomic E-state index is -1.17. The van der Waals surface area contributed by atoms with Gasteiger partial charge < -0.3 is 19.5 Å². The predicted octanol–water partition coefficient (Wildman–Crippen LogP) is 1.67. The average molecular weight is 369 g/mol. The zero-order valence-corrected chi connectivity index (χ0v) is 15.2. The molecule has 0 aromatic heterocycles. The van der Waals surface area contributed by atoms with Gasteiger partial charge in [-0.1, -0.05) is 25.8 Å². The van der Waals surface area contributed by atoms with Gasteiger partial charge in [0.05, 0.1) is 6.42 Å². The Balaban J connectivity index is 2.33. The van der Waals surface area contributed by atoms with Crippen LogP contribution in [0.2, 0.25) is 0 Å². The molecule has 8 heteroatoms. The standard InChI is InChI=1S/C18H27NO7/c1-13(18(24)25-12-15(20)19(2)11-16(21)22)10-17(23)26-14-8-6-4-3-5-7-9-14/h14H,1,3-12H2,2H3,(H,21,22). The summed E-state index contributed by atoms with van der Waals surface area (Å²) in [5, 5.41) is 8.60. The first kappa shape index (κ1) is 21.7. The zero-order chi connectivity index (χ0) is 19.5. The third kappa shape index (κ3) is 8.64. The maximum absolute atomic E-state index is 12.0. The molecular weight excluding hydrogens is 342 g/mol. The second-order valence-electron chi connectivity index (χ2n) is 6.46. The van der Waals surface area contributed by atoms with Crippen LogP contribution in [0.1, 0.15) is 51.4 Å². The highest BCUT2D eigenvalue weighted by atomic mass is 16.5. The lowest BCUT2D eigenvalue weighted by Gasteiger charge is -2.20. The molecule has 1 aliphatic carbocycles. The Morgan fingerprint density at radius 1 is 1.08 bits per heavy atom. The normalized spacial score (nSPS) is 15.3. The van der Waals surface area contributed by atoms with Crippen LogP contribution < -0.4 is 0 Å². The highest BCUT2D eigenvalue weighted by Gasteiger charge is 2.20. The van der Waals surface area contributed by atoms with Crippen molar-refractivity contribution in [1.82, 2.24) is 4.90 Å². The van der Waals surface area contributed by atoms with Crippen molar-refractivity contribution < 1.29 is 33.8 Å². The van der Waals surface area contributed by atoms with Gasteiger partial charge in [-0.15, -0.1) is 0 Å². The number of likely N-dealkylation sites (N-methyl/N-ethyl adjacent to an activating group) is 1. The molecule has 0 aliphatic heterocycles. The molecule has 0 unspecified atom stereocenters. The van der Waals surface area contributed by atoms with Gasteiger partial charge in [0, 0.05) is 12.6 Å². The molecule has 0 aromatic carbocycles. The van der Waals surface area contributed by atoms with Crippen LogP contribution in [0.15, 0.2) is 12.2 Å². The fraction of sp³-hybridized carbons (Fsp3) is 0.667. The summed E-state index contributed by atoms with van der Waals surface area (Å²) < 4.78 is 10.2. The molecule has 1 rings (SSSR count). The molecule has 26 heavy (non-hydrogen) atoms. The van der Waals surface area contributed by atoms with E-state index in [0.717, 1.165) is 43.4 Å². The van der Waals surface area contributed by atoms with Crippen molar-refractivity contribution in [2.45, 2.75) is 57.5 Å². The second-order valence-corrected chi connectivity index (χ2v) is 6.46. The summed E-state index contributed by atoms with van der Waals surface area (Å²) in [6, 6.07) is 0. The summed E-state index contributed by atoms with van der Waals surface area (Å²) in [6.07, 6.45) is 6.75. The minimum absolute atomic E-state index is 0.102. The van der Waals surface area contributed by atoms with Crippen LogP contribution in [0.3, 0.4) is 0 Å². The number of aliphatic carboxylic acids is 1. The van der Waals surface area contributed by atoms with E-state index in [1.54, 1.807) is 0 Å². The summed E-state index contributed by atoms with van der Waals surface area (Å²) in [5.41, 5.74) is -0.102. The average Bonchev–Trinajstić information content (AvgIpc) is 2.53. The van der Waals surface area contributed by atoms with E-state index in [1.165, 1.54) is 13.5 Å². The largest absolute Gasteiger partial charge is 0.480 e. The summed E-state index contributed by atoms with van der Waals surface area (Å²) in [5.74, 6) is -3.25. The van der Waals surface area contributed by atoms with Gasteiger partial charge >= 0.3 is 17.9 Å². The molecule has 1 fully saturated rings. The van der Waals surface area contributed by atoms with Crippen LogP contribution in [0.4, 0.5) is 0 Å². The molecule has 1 N–H and O–H groups in total. The number of rotatable bonds is 8. The Bertz CT molecular complexity index is 536. The van der Waals surface area contributed by atoms with Crippen LogP contribution in [0.5, 0.6) is 0 Å². The van der Waals surface area contributed by atoms with Crippen LogP contribution in [-0.4, -0.2) is 60.1 Å². The number of carboxylic acid groups (broad SMARTS) is 1. The summed E-state index contributed by atoms with van der Waals surface area (Å²) in [6.45, 7) is 2.39. The van der Waals surface area contributed by atoms with Crippen molar-refractivity contribution in [3.8, 4) is 0 Å². The Morgan fingerprint density at radius 2 is 1.65 bits per heavy atom. The molecule has 1 amide bonds. The van der Waals surface area contributed by atoms with E-state index in [-0.39, 0.29) is 18.1 Å². The van der Waals surface area contributed by atoms with Gasteiger partial charge in [-0.2, -0.15) is 0 Å². The number of esters is 2. The topological polar surface area (TPSA) is 110 Å². The van der Waals surface area contributed by atoms with Crippen LogP contribution in [0, 0.1) is 0 Å². The minimum Gasteiger partial charge on any atom is -0.480 e. The highest BCUT2D eigenvalue weighted by molar-refractivity contribution is 5.94. The number of hydrogen-bond donors (Lipinski definition) is 1. The number of amides is 1. The SMILES string of the molecule is C=C(CC(=O)OC1CCCCCCC1)C(=O)OCC(=O)N(C)CC(=O)O. The number of carbonyl (C=O) groups excluding carboxylic acids is 3. The molecule has 1 aliphatic rings. The fourth-order valence-corrected chi connectivity index (χ4v) is 2.64. The van der Waals surface area contributed by atoms with Crippen molar-refractivity contribution in [3.05, 3.63) is 12.2 Å². The van der Waals surface area contributed by atoms with Crippen molar-refractivity contribution in [2.75, 3.05) is 20.2 Å². The second kappa shape index (κ2) is 11.3. The van der Waals surface area contributed by atoms with E-state index in [4.69, 9.17) is 14.6 Å². The maximum atomic E-state index is 12.0. The molecule has 0 bridgehead atoms. The number of hydrogen-bond acceptors (Lipinski definition) is 6. The number of ether oxygens (including phenoxy) is 2. The van der Waals surface area contributed by atoms with E-state index < -0.39 is 37.0 Å². The third-order valence-corrected chi connectivity index (χ3v) is 4.12. The predicted molar refractivity (Wildman–Crippen MR) is 92.2 cm³/mol. The first-order valence-electron chi connectivity index (χ1n) is 8.79. The molecule has 0 radical (unpaired) electrons. The Labute approximate surface area is 153 Å². The number of nitrogens with zero attached hydrogens (tertiary/aromatic N) is 1. The molecule has 8 nitrogen and oxygen atoms in total. The van der Waals surface area contributed by atoms with E-state index in [1.807, 2.05) is 0 Å². The first-order valence-corrected chi connectivity index (χ1v) is 8.79. The van der Waals surface area contributed by atoms with E-state index in [2.05, 4.69) is 6.58 Å². The lowest BCUT2D eigenvalue weighted by Crippen LogP contribution is -2.35. The summed E-state index contributed by atoms with van der Waals surface area (Å²) in [4.78, 5) is 46.8. The number of carbonyl (C=O) groups is 4. The summed E-state index contributed by atoms with van der Waals surface area (Å²) >= 11 is 0. The van der Waals surface area contributed by atoms with Gasteiger partial charge in [-0.25, -0.2) is 4.79 Å². The van der Waals surface area contributed by atoms with Gasteiger partial charge in [0.2, 0.25) is 0 Å². The van der Waals surface area contributed by atoms with E-state index in [0.29, 0.717) is 0 Å². The monoisotopic (exact) mass is 369 g/mol. The van der Waals surface area contributed by atoms with Crippen LogP contribution >= 0.6 is 0 Å². The molecule has 0 atom stereocenters. The van der Waals surface area contributed by atoms with Crippen molar-refractivity contribution >= 4 is 23.8 Å². The molecule has 0 aromatic rings. The Kier molecular flexibility index (Phi) is 9.40. The Morgan fingerprint density at radius 3 is 2.23 bits per heavy atom. The maximum Gasteiger partial charge on any atom is 0.334 e. The smallest absolute Gasteiger partial charge is 0.334 e. The summed E-state index contributed by atoms with van der Waals surface area (Å²) in [7, 11) is 1.28. The molecule has 0 heterocycles. The molecule has 146 valence electrons. The lowest BCUT2D eigenvalue weighted by atomic mass is 9.98. The van der Waals surface area contributed by atoms with Crippen LogP contribution in [-0.2, 0) is 28.7 Å². The Hall–Kier alpha value is -2.38. The van der Waals surface area contributed by atoms with Gasteiger partial charge in [-0.3, -0.25) is 14.4 Å². The molecule has 0 spiro atoms. The van der Waals surface area contributed by atoms with Gasteiger partial charge in [0.1, 0.15) is 12.6 Å². The van der Waals surface area contributed by atoms with E-state index in [9.17, 15) is 19.2 Å². The zero-order valence-electron chi connectivity index (χ0n) is 15.2. The third-order valence-electron chi connectivity index (χ3n) is 4.12. The van der Waals surface area contributed by atoms with Gasteiger partial charge in [-0.05, 0) is 25.7 Å². The fourth-order valence-electron chi connectivity index (χ4n) is 2.64. The van der Waals surface area contributed by atoms with Gasteiger partial charge in [0.25, 0.3) is 5.91 Å². The molecule has 0 saturated heterocycles. The molecule has 1 saturated carbocycles.